The summed E-state index contributed by atoms with van der Waals surface area (Å²) >= 11 is 0. The Kier molecular flexibility index (Phi) is 4.69. The predicted octanol–water partition coefficient (Wildman–Crippen LogP) is 0.868. The van der Waals surface area contributed by atoms with Crippen molar-refractivity contribution in [2.24, 2.45) is 18.7 Å². The van der Waals surface area contributed by atoms with E-state index in [-0.39, 0.29) is 11.8 Å². The second-order valence-corrected chi connectivity index (χ2v) is 4.78. The van der Waals surface area contributed by atoms with Crippen molar-refractivity contribution in [2.75, 3.05) is 13.1 Å². The zero-order valence-electron chi connectivity index (χ0n) is 11.0. The molecule has 0 saturated carbocycles. The van der Waals surface area contributed by atoms with E-state index in [1.807, 2.05) is 20.0 Å². The summed E-state index contributed by atoms with van der Waals surface area (Å²) in [6, 6.07) is 1.84. The highest BCUT2D eigenvalue weighted by atomic mass is 16.1. The second-order valence-electron chi connectivity index (χ2n) is 4.78. The maximum Gasteiger partial charge on any atom is 0.271 e. The molecule has 0 bridgehead atoms. The smallest absolute Gasteiger partial charge is 0.271 e. The number of hydrogen-bond donors (Lipinski definition) is 2. The van der Waals surface area contributed by atoms with Crippen LogP contribution in [-0.4, -0.2) is 28.8 Å². The van der Waals surface area contributed by atoms with Gasteiger partial charge in [0.25, 0.3) is 5.91 Å². The van der Waals surface area contributed by atoms with Gasteiger partial charge in [0.05, 0.1) is 0 Å². The van der Waals surface area contributed by atoms with Crippen molar-refractivity contribution in [1.82, 2.24) is 15.1 Å². The number of nitrogens with two attached hydrogens (primary N) is 1. The minimum absolute atomic E-state index is 0.132. The van der Waals surface area contributed by atoms with Crippen LogP contribution in [0.5, 0.6) is 0 Å². The van der Waals surface area contributed by atoms with Gasteiger partial charge >= 0.3 is 0 Å². The molecular formula is C12H22N4O. The van der Waals surface area contributed by atoms with Crippen molar-refractivity contribution in [3.63, 3.8) is 0 Å². The van der Waals surface area contributed by atoms with Gasteiger partial charge in [-0.1, -0.05) is 20.8 Å². The maximum absolute atomic E-state index is 11.8. The molecule has 1 heterocycles. The number of carbonyl (C=O) groups excluding carboxylic acids is 1. The predicted molar refractivity (Wildman–Crippen MR) is 67.8 cm³/mol. The normalized spacial score (nSPS) is 12.8. The van der Waals surface area contributed by atoms with Gasteiger partial charge in [0.1, 0.15) is 5.69 Å². The molecule has 1 aromatic heterocycles. The zero-order chi connectivity index (χ0) is 13.0. The maximum atomic E-state index is 11.8. The molecule has 0 aliphatic rings. The highest BCUT2D eigenvalue weighted by molar-refractivity contribution is 5.92. The molecule has 1 amide bonds. The van der Waals surface area contributed by atoms with E-state index in [4.69, 9.17) is 5.73 Å². The number of amides is 1. The third kappa shape index (κ3) is 3.56. The molecule has 1 aromatic rings. The van der Waals surface area contributed by atoms with Gasteiger partial charge in [-0.05, 0) is 24.4 Å². The van der Waals surface area contributed by atoms with Gasteiger partial charge in [-0.25, -0.2) is 0 Å². The van der Waals surface area contributed by atoms with E-state index in [2.05, 4.69) is 24.3 Å². The largest absolute Gasteiger partial charge is 0.350 e. The summed E-state index contributed by atoms with van der Waals surface area (Å²) in [5, 5.41) is 7.04. The summed E-state index contributed by atoms with van der Waals surface area (Å²) in [6.07, 6.45) is 0. The van der Waals surface area contributed by atoms with E-state index in [0.717, 1.165) is 5.69 Å². The Morgan fingerprint density at radius 3 is 2.65 bits per heavy atom. The van der Waals surface area contributed by atoms with Crippen LogP contribution in [0.4, 0.5) is 0 Å². The number of aromatic nitrogens is 2. The average Bonchev–Trinajstić information content (AvgIpc) is 2.67. The van der Waals surface area contributed by atoms with Crippen LogP contribution in [0.25, 0.3) is 0 Å². The molecule has 1 rings (SSSR count). The summed E-state index contributed by atoms with van der Waals surface area (Å²) < 4.78 is 1.76. The van der Waals surface area contributed by atoms with Gasteiger partial charge in [0, 0.05) is 19.3 Å². The SMILES string of the molecule is CC(CN)CNC(=O)c1cc(C(C)C)n(C)n1. The summed E-state index contributed by atoms with van der Waals surface area (Å²) in [4.78, 5) is 11.8. The van der Waals surface area contributed by atoms with Crippen LogP contribution in [0, 0.1) is 5.92 Å². The molecule has 1 unspecified atom stereocenters. The number of nitrogens with zero attached hydrogens (tertiary/aromatic N) is 2. The molecule has 96 valence electrons. The Balaban J connectivity index is 2.67. The van der Waals surface area contributed by atoms with Crippen LogP contribution in [0.2, 0.25) is 0 Å². The summed E-state index contributed by atoms with van der Waals surface area (Å²) in [5.74, 6) is 0.511. The Morgan fingerprint density at radius 1 is 1.53 bits per heavy atom. The second kappa shape index (κ2) is 5.82. The van der Waals surface area contributed by atoms with Crippen molar-refractivity contribution >= 4 is 5.91 Å². The molecule has 0 fully saturated rings. The van der Waals surface area contributed by atoms with E-state index in [0.29, 0.717) is 24.7 Å². The average molecular weight is 238 g/mol. The van der Waals surface area contributed by atoms with Gasteiger partial charge in [-0.2, -0.15) is 5.10 Å². The van der Waals surface area contributed by atoms with Crippen LogP contribution in [0.15, 0.2) is 6.07 Å². The highest BCUT2D eigenvalue weighted by Crippen LogP contribution is 2.14. The minimum atomic E-state index is -0.132. The Bertz CT molecular complexity index is 384. The third-order valence-corrected chi connectivity index (χ3v) is 2.75. The summed E-state index contributed by atoms with van der Waals surface area (Å²) in [7, 11) is 1.86. The standard InChI is InChI=1S/C12H22N4O/c1-8(2)11-5-10(15-16(11)4)12(17)14-7-9(3)6-13/h5,8-9H,6-7,13H2,1-4H3,(H,14,17). The number of aryl methyl sites for hydroxylation is 1. The Morgan fingerprint density at radius 2 is 2.18 bits per heavy atom. The summed E-state index contributed by atoms with van der Waals surface area (Å²) in [5.41, 5.74) is 7.02. The molecule has 0 aromatic carbocycles. The number of hydrogen-bond acceptors (Lipinski definition) is 3. The third-order valence-electron chi connectivity index (χ3n) is 2.75. The number of carbonyl (C=O) groups is 1. The van der Waals surface area contributed by atoms with Crippen LogP contribution < -0.4 is 11.1 Å². The fourth-order valence-electron chi connectivity index (χ4n) is 1.57. The van der Waals surface area contributed by atoms with Crippen LogP contribution in [-0.2, 0) is 7.05 Å². The van der Waals surface area contributed by atoms with E-state index in [1.165, 1.54) is 0 Å². The molecule has 5 nitrogen and oxygen atoms in total. The van der Waals surface area contributed by atoms with Crippen LogP contribution in [0.1, 0.15) is 42.9 Å². The molecular weight excluding hydrogens is 216 g/mol. The zero-order valence-corrected chi connectivity index (χ0v) is 11.0. The first-order chi connectivity index (χ1) is 7.95. The molecule has 1 atom stereocenters. The fraction of sp³-hybridized carbons (Fsp3) is 0.667. The van der Waals surface area contributed by atoms with Gasteiger partial charge in [0.2, 0.25) is 0 Å². The van der Waals surface area contributed by atoms with Crippen molar-refractivity contribution in [1.29, 1.82) is 0 Å². The molecule has 0 saturated heterocycles. The van der Waals surface area contributed by atoms with E-state index >= 15 is 0 Å². The fourth-order valence-corrected chi connectivity index (χ4v) is 1.57. The molecule has 3 N–H and O–H groups in total. The molecule has 0 aliphatic carbocycles. The lowest BCUT2D eigenvalue weighted by Crippen LogP contribution is -2.31. The molecule has 5 heteroatoms. The van der Waals surface area contributed by atoms with Gasteiger partial charge in [-0.3, -0.25) is 9.48 Å². The molecule has 17 heavy (non-hydrogen) atoms. The van der Waals surface area contributed by atoms with E-state index in [9.17, 15) is 4.79 Å². The van der Waals surface area contributed by atoms with Crippen molar-refractivity contribution in [2.45, 2.75) is 26.7 Å². The monoisotopic (exact) mass is 238 g/mol. The lowest BCUT2D eigenvalue weighted by molar-refractivity contribution is 0.0943. The first kappa shape index (κ1) is 13.7. The Labute approximate surface area is 102 Å². The topological polar surface area (TPSA) is 72.9 Å². The molecule has 0 radical (unpaired) electrons. The molecule has 0 spiro atoms. The van der Waals surface area contributed by atoms with Gasteiger partial charge in [-0.15, -0.1) is 0 Å². The first-order valence-corrected chi connectivity index (χ1v) is 5.97. The Hall–Kier alpha value is -1.36. The minimum Gasteiger partial charge on any atom is -0.350 e. The quantitative estimate of drug-likeness (QED) is 0.799. The van der Waals surface area contributed by atoms with Gasteiger partial charge < -0.3 is 11.1 Å². The number of nitrogens with one attached hydrogen (secondary N) is 1. The van der Waals surface area contributed by atoms with Crippen molar-refractivity contribution < 1.29 is 4.79 Å². The molecule has 0 aliphatic heterocycles. The number of rotatable bonds is 5. The van der Waals surface area contributed by atoms with E-state index < -0.39 is 0 Å². The van der Waals surface area contributed by atoms with E-state index in [1.54, 1.807) is 4.68 Å². The van der Waals surface area contributed by atoms with Crippen LogP contribution >= 0.6 is 0 Å². The van der Waals surface area contributed by atoms with Crippen LogP contribution in [0.3, 0.4) is 0 Å². The summed E-state index contributed by atoms with van der Waals surface area (Å²) in [6.45, 7) is 7.31. The lowest BCUT2D eigenvalue weighted by Gasteiger charge is -2.08. The van der Waals surface area contributed by atoms with Crippen molar-refractivity contribution in [3.05, 3.63) is 17.5 Å². The highest BCUT2D eigenvalue weighted by Gasteiger charge is 2.14. The van der Waals surface area contributed by atoms with Gasteiger partial charge in [0.15, 0.2) is 0 Å². The van der Waals surface area contributed by atoms with Crippen molar-refractivity contribution in [3.8, 4) is 0 Å². The lowest BCUT2D eigenvalue weighted by atomic mass is 10.1. The first-order valence-electron chi connectivity index (χ1n) is 5.97.